The molecule has 4 heteroatoms. The molecule has 0 aliphatic heterocycles. The van der Waals surface area contributed by atoms with Crippen molar-refractivity contribution in [2.24, 2.45) is 0 Å². The number of ether oxygens (including phenoxy) is 2. The Bertz CT molecular complexity index is 907. The fraction of sp³-hybridized carbons (Fsp3) is 0.217. The van der Waals surface area contributed by atoms with E-state index in [1.54, 1.807) is 7.11 Å². The molecule has 140 valence electrons. The normalized spacial score (nSPS) is 10.5. The molecular formula is C23H24ClNO2. The fourth-order valence-electron chi connectivity index (χ4n) is 2.81. The highest BCUT2D eigenvalue weighted by Crippen LogP contribution is 2.37. The first-order valence-corrected chi connectivity index (χ1v) is 9.28. The monoisotopic (exact) mass is 381 g/mol. The van der Waals surface area contributed by atoms with E-state index in [2.05, 4.69) is 55.6 Å². The highest BCUT2D eigenvalue weighted by Gasteiger charge is 2.12. The molecule has 0 atom stereocenters. The molecule has 0 heterocycles. The topological polar surface area (TPSA) is 30.5 Å². The molecule has 27 heavy (non-hydrogen) atoms. The third kappa shape index (κ3) is 5.18. The van der Waals surface area contributed by atoms with Crippen LogP contribution in [0.15, 0.2) is 60.7 Å². The summed E-state index contributed by atoms with van der Waals surface area (Å²) in [7, 11) is 1.63. The smallest absolute Gasteiger partial charge is 0.180 e. The maximum Gasteiger partial charge on any atom is 0.180 e. The van der Waals surface area contributed by atoms with Crippen molar-refractivity contribution in [1.29, 1.82) is 0 Å². The molecule has 0 fully saturated rings. The standard InChI is InChI=1S/C23H24ClNO2/c1-16-7-9-18(10-8-16)15-27-23-21(24)12-19(13-22(23)26-3)14-25-20-6-4-5-17(2)11-20/h4-13,25H,14-15H2,1-3H3. The summed E-state index contributed by atoms with van der Waals surface area (Å²) in [6.07, 6.45) is 0. The Morgan fingerprint density at radius 2 is 1.67 bits per heavy atom. The van der Waals surface area contributed by atoms with Gasteiger partial charge in [0.25, 0.3) is 0 Å². The molecule has 0 aliphatic rings. The molecule has 0 aliphatic carbocycles. The van der Waals surface area contributed by atoms with Crippen LogP contribution < -0.4 is 14.8 Å². The Kier molecular flexibility index (Phi) is 6.25. The quantitative estimate of drug-likeness (QED) is 0.531. The van der Waals surface area contributed by atoms with Crippen LogP contribution in [0, 0.1) is 13.8 Å². The van der Waals surface area contributed by atoms with E-state index in [0.717, 1.165) is 16.8 Å². The minimum absolute atomic E-state index is 0.442. The first-order chi connectivity index (χ1) is 13.0. The van der Waals surface area contributed by atoms with Crippen LogP contribution in [0.3, 0.4) is 0 Å². The van der Waals surface area contributed by atoms with Gasteiger partial charge in [0.1, 0.15) is 6.61 Å². The van der Waals surface area contributed by atoms with Crippen LogP contribution in [-0.4, -0.2) is 7.11 Å². The molecule has 3 aromatic rings. The lowest BCUT2D eigenvalue weighted by atomic mass is 10.1. The van der Waals surface area contributed by atoms with Gasteiger partial charge in [-0.05, 0) is 54.8 Å². The molecule has 0 saturated heterocycles. The zero-order valence-corrected chi connectivity index (χ0v) is 16.6. The fourth-order valence-corrected chi connectivity index (χ4v) is 3.10. The van der Waals surface area contributed by atoms with Crippen LogP contribution in [0.2, 0.25) is 5.02 Å². The van der Waals surface area contributed by atoms with Crippen molar-refractivity contribution in [3.8, 4) is 11.5 Å². The molecule has 3 nitrogen and oxygen atoms in total. The van der Waals surface area contributed by atoms with Gasteiger partial charge >= 0.3 is 0 Å². The van der Waals surface area contributed by atoms with Crippen LogP contribution in [0.1, 0.15) is 22.3 Å². The predicted molar refractivity (Wildman–Crippen MR) is 112 cm³/mol. The van der Waals surface area contributed by atoms with Crippen molar-refractivity contribution >= 4 is 17.3 Å². The summed E-state index contributed by atoms with van der Waals surface area (Å²) < 4.78 is 11.4. The van der Waals surface area contributed by atoms with Gasteiger partial charge < -0.3 is 14.8 Å². The van der Waals surface area contributed by atoms with Crippen molar-refractivity contribution in [2.45, 2.75) is 27.0 Å². The summed E-state index contributed by atoms with van der Waals surface area (Å²) in [5, 5.41) is 3.95. The minimum atomic E-state index is 0.442. The van der Waals surface area contributed by atoms with Gasteiger partial charge in [-0.15, -0.1) is 0 Å². The number of benzene rings is 3. The van der Waals surface area contributed by atoms with Gasteiger partial charge in [-0.25, -0.2) is 0 Å². The van der Waals surface area contributed by atoms with Crippen LogP contribution in [0.4, 0.5) is 5.69 Å². The molecule has 3 rings (SSSR count). The van der Waals surface area contributed by atoms with E-state index >= 15 is 0 Å². The number of aryl methyl sites for hydroxylation is 2. The number of rotatable bonds is 7. The third-order valence-electron chi connectivity index (χ3n) is 4.31. The van der Waals surface area contributed by atoms with E-state index in [-0.39, 0.29) is 0 Å². The number of halogens is 1. The summed E-state index contributed by atoms with van der Waals surface area (Å²) >= 11 is 6.48. The van der Waals surface area contributed by atoms with Gasteiger partial charge in [-0.2, -0.15) is 0 Å². The lowest BCUT2D eigenvalue weighted by Gasteiger charge is -2.15. The Labute approximate surface area is 165 Å². The maximum absolute atomic E-state index is 6.48. The molecular weight excluding hydrogens is 358 g/mol. The van der Waals surface area contributed by atoms with Gasteiger partial charge in [0.15, 0.2) is 11.5 Å². The van der Waals surface area contributed by atoms with Crippen LogP contribution in [-0.2, 0) is 13.2 Å². The molecule has 3 aromatic carbocycles. The molecule has 0 saturated carbocycles. The molecule has 0 unspecified atom stereocenters. The number of hydrogen-bond donors (Lipinski definition) is 1. The summed E-state index contributed by atoms with van der Waals surface area (Å²) in [5.74, 6) is 1.20. The first kappa shape index (κ1) is 19.1. The molecule has 1 N–H and O–H groups in total. The van der Waals surface area contributed by atoms with Crippen molar-refractivity contribution in [3.05, 3.63) is 87.9 Å². The van der Waals surface area contributed by atoms with E-state index in [1.807, 2.05) is 24.3 Å². The Morgan fingerprint density at radius 3 is 2.37 bits per heavy atom. The zero-order chi connectivity index (χ0) is 19.2. The summed E-state index contributed by atoms with van der Waals surface area (Å²) in [6, 6.07) is 20.4. The van der Waals surface area contributed by atoms with E-state index < -0.39 is 0 Å². The Hall–Kier alpha value is -2.65. The van der Waals surface area contributed by atoms with Crippen molar-refractivity contribution in [2.75, 3.05) is 12.4 Å². The van der Waals surface area contributed by atoms with Crippen LogP contribution in [0.25, 0.3) is 0 Å². The van der Waals surface area contributed by atoms with E-state index in [9.17, 15) is 0 Å². The van der Waals surface area contributed by atoms with Crippen LogP contribution in [0.5, 0.6) is 11.5 Å². The molecule has 0 bridgehead atoms. The van der Waals surface area contributed by atoms with Crippen LogP contribution >= 0.6 is 11.6 Å². The maximum atomic E-state index is 6.48. The Morgan fingerprint density at radius 1 is 0.889 bits per heavy atom. The second-order valence-electron chi connectivity index (χ2n) is 6.61. The highest BCUT2D eigenvalue weighted by molar-refractivity contribution is 6.32. The molecule has 0 radical (unpaired) electrons. The number of hydrogen-bond acceptors (Lipinski definition) is 3. The second kappa shape index (κ2) is 8.83. The van der Waals surface area contributed by atoms with Gasteiger partial charge in [0.05, 0.1) is 12.1 Å². The largest absolute Gasteiger partial charge is 0.493 e. The molecule has 0 amide bonds. The average molecular weight is 382 g/mol. The summed E-state index contributed by atoms with van der Waals surface area (Å²) in [5.41, 5.74) is 5.63. The molecule has 0 aromatic heterocycles. The van der Waals surface area contributed by atoms with Crippen molar-refractivity contribution in [1.82, 2.24) is 0 Å². The van der Waals surface area contributed by atoms with E-state index in [4.69, 9.17) is 21.1 Å². The van der Waals surface area contributed by atoms with Gasteiger partial charge in [-0.1, -0.05) is 53.6 Å². The van der Waals surface area contributed by atoms with Gasteiger partial charge in [0.2, 0.25) is 0 Å². The minimum Gasteiger partial charge on any atom is -0.493 e. The Balaban J connectivity index is 1.71. The molecule has 0 spiro atoms. The lowest BCUT2D eigenvalue weighted by Crippen LogP contribution is -2.03. The third-order valence-corrected chi connectivity index (χ3v) is 4.59. The number of methoxy groups -OCH3 is 1. The zero-order valence-electron chi connectivity index (χ0n) is 15.9. The SMILES string of the molecule is COc1cc(CNc2cccc(C)c2)cc(Cl)c1OCc1ccc(C)cc1. The van der Waals surface area contributed by atoms with E-state index in [1.165, 1.54) is 11.1 Å². The average Bonchev–Trinajstić information content (AvgIpc) is 2.66. The number of nitrogens with one attached hydrogen (secondary N) is 1. The first-order valence-electron chi connectivity index (χ1n) is 8.90. The van der Waals surface area contributed by atoms with E-state index in [0.29, 0.717) is 29.7 Å². The van der Waals surface area contributed by atoms with Gasteiger partial charge in [0, 0.05) is 12.2 Å². The predicted octanol–water partition coefficient (Wildman–Crippen LogP) is 6.16. The van der Waals surface area contributed by atoms with Crippen molar-refractivity contribution < 1.29 is 9.47 Å². The highest BCUT2D eigenvalue weighted by atomic mass is 35.5. The number of anilines is 1. The lowest BCUT2D eigenvalue weighted by molar-refractivity contribution is 0.284. The van der Waals surface area contributed by atoms with Crippen molar-refractivity contribution in [3.63, 3.8) is 0 Å². The summed E-state index contributed by atoms with van der Waals surface area (Å²) in [4.78, 5) is 0. The van der Waals surface area contributed by atoms with Gasteiger partial charge in [-0.3, -0.25) is 0 Å². The summed E-state index contributed by atoms with van der Waals surface area (Å²) in [6.45, 7) is 5.23. The second-order valence-corrected chi connectivity index (χ2v) is 7.01.